The van der Waals surface area contributed by atoms with Crippen LogP contribution in [0, 0.1) is 29.1 Å². The van der Waals surface area contributed by atoms with Gasteiger partial charge in [0.05, 0.1) is 18.8 Å². The van der Waals surface area contributed by atoms with Crippen molar-refractivity contribution in [3.63, 3.8) is 0 Å². The van der Waals surface area contributed by atoms with Crippen molar-refractivity contribution in [1.29, 1.82) is 0 Å². The quantitative estimate of drug-likeness (QED) is 0.446. The van der Waals surface area contributed by atoms with Crippen molar-refractivity contribution in [3.05, 3.63) is 11.1 Å². The monoisotopic (exact) mass is 525 g/mol. The molecule has 38 heavy (non-hydrogen) atoms. The Labute approximate surface area is 230 Å². The smallest absolute Gasteiger partial charge is 0.171 e. The highest BCUT2D eigenvalue weighted by Gasteiger charge is 2.61. The summed E-state index contributed by atoms with van der Waals surface area (Å²) in [7, 11) is 2.40. The van der Waals surface area contributed by atoms with Gasteiger partial charge in [0.2, 0.25) is 0 Å². The number of aliphatic hydroxyl groups is 1. The van der Waals surface area contributed by atoms with Crippen LogP contribution < -0.4 is 0 Å². The first kappa shape index (κ1) is 26.2. The molecule has 5 unspecified atom stereocenters. The lowest BCUT2D eigenvalue weighted by molar-refractivity contribution is -0.208. The standard InChI is InChI=1S/C33H51NO4/c1-31-20-26(22-8-10-24(11-9-22)34(2)23-6-4-3-5-7-23)30-25(27(31)12-13-29(31)35)14-16-32(36)21-33(17-15-28(30)32)37-18-19-38-33/h22-27,36H,3-21H2,1-2H3. The average molecular weight is 526 g/mol. The van der Waals surface area contributed by atoms with E-state index in [9.17, 15) is 9.90 Å². The molecule has 6 fully saturated rings. The molecule has 7 aliphatic rings. The second-order valence-corrected chi connectivity index (χ2v) is 14.7. The third kappa shape index (κ3) is 4.11. The first-order valence-electron chi connectivity index (χ1n) is 16.3. The number of nitrogens with zero attached hydrogens (tertiary/aromatic N) is 1. The summed E-state index contributed by atoms with van der Waals surface area (Å²) in [6.07, 6.45) is 19.2. The van der Waals surface area contributed by atoms with Crippen molar-refractivity contribution >= 4 is 5.78 Å². The van der Waals surface area contributed by atoms with Gasteiger partial charge < -0.3 is 19.5 Å². The summed E-state index contributed by atoms with van der Waals surface area (Å²) in [5.74, 6) is 2.03. The lowest BCUT2D eigenvalue weighted by Crippen LogP contribution is -2.54. The topological polar surface area (TPSA) is 59.0 Å². The normalized spacial score (nSPS) is 45.4. The minimum atomic E-state index is -0.790. The van der Waals surface area contributed by atoms with Crippen molar-refractivity contribution in [2.45, 2.75) is 140 Å². The van der Waals surface area contributed by atoms with Gasteiger partial charge >= 0.3 is 0 Å². The summed E-state index contributed by atoms with van der Waals surface area (Å²) in [5.41, 5.74) is 2.03. The van der Waals surface area contributed by atoms with Gasteiger partial charge in [-0.25, -0.2) is 0 Å². The van der Waals surface area contributed by atoms with E-state index in [2.05, 4.69) is 18.9 Å². The van der Waals surface area contributed by atoms with E-state index in [4.69, 9.17) is 9.47 Å². The number of Topliss-reactive ketones (excluding diaryl/α,β-unsaturated/α-hetero) is 1. The molecule has 1 heterocycles. The molecule has 1 N–H and O–H groups in total. The second-order valence-electron chi connectivity index (χ2n) is 14.7. The molecule has 5 nitrogen and oxygen atoms in total. The van der Waals surface area contributed by atoms with Gasteiger partial charge in [-0.05, 0) is 107 Å². The molecule has 1 aliphatic heterocycles. The molecule has 5 heteroatoms. The van der Waals surface area contributed by atoms with Crippen LogP contribution >= 0.6 is 0 Å². The zero-order valence-electron chi connectivity index (χ0n) is 24.0. The minimum absolute atomic E-state index is 0.155. The number of ketones is 1. The molecule has 0 aromatic heterocycles. The number of hydrogen-bond acceptors (Lipinski definition) is 5. The molecule has 0 bridgehead atoms. The Morgan fingerprint density at radius 2 is 1.55 bits per heavy atom. The van der Waals surface area contributed by atoms with Crippen LogP contribution in [0.25, 0.3) is 0 Å². The summed E-state index contributed by atoms with van der Waals surface area (Å²) in [6.45, 7) is 3.61. The van der Waals surface area contributed by atoms with Gasteiger partial charge in [-0.15, -0.1) is 0 Å². The van der Waals surface area contributed by atoms with Crippen LogP contribution in [0.15, 0.2) is 11.1 Å². The second kappa shape index (κ2) is 9.67. The van der Waals surface area contributed by atoms with Crippen LogP contribution in [-0.2, 0) is 14.3 Å². The van der Waals surface area contributed by atoms with Gasteiger partial charge in [0, 0.05) is 36.8 Å². The van der Waals surface area contributed by atoms with Crippen molar-refractivity contribution < 1.29 is 19.4 Å². The first-order chi connectivity index (χ1) is 18.3. The van der Waals surface area contributed by atoms with Crippen LogP contribution in [0.5, 0.6) is 0 Å². The maximum atomic E-state index is 13.4. The Morgan fingerprint density at radius 1 is 0.842 bits per heavy atom. The predicted molar refractivity (Wildman–Crippen MR) is 148 cm³/mol. The largest absolute Gasteiger partial charge is 0.385 e. The Kier molecular flexibility index (Phi) is 6.66. The number of allylic oxidation sites excluding steroid dienone is 1. The third-order valence-corrected chi connectivity index (χ3v) is 13.0. The zero-order chi connectivity index (χ0) is 26.1. The van der Waals surface area contributed by atoms with E-state index in [1.807, 2.05) is 0 Å². The fourth-order valence-corrected chi connectivity index (χ4v) is 11.0. The van der Waals surface area contributed by atoms with Crippen molar-refractivity contribution in [2.24, 2.45) is 29.1 Å². The molecule has 6 aliphatic carbocycles. The van der Waals surface area contributed by atoms with Gasteiger partial charge in [-0.1, -0.05) is 31.8 Å². The van der Waals surface area contributed by atoms with E-state index in [1.165, 1.54) is 63.4 Å². The molecule has 7 rings (SSSR count). The number of rotatable bonds is 3. The highest BCUT2D eigenvalue weighted by molar-refractivity contribution is 5.87. The molecule has 0 radical (unpaired) electrons. The number of fused-ring (bicyclic) bond motifs is 4. The predicted octanol–water partition coefficient (Wildman–Crippen LogP) is 6.18. The Bertz CT molecular complexity index is 956. The van der Waals surface area contributed by atoms with Crippen LogP contribution in [0.4, 0.5) is 0 Å². The summed E-state index contributed by atoms with van der Waals surface area (Å²) < 4.78 is 12.2. The number of ether oxygens (including phenoxy) is 2. The van der Waals surface area contributed by atoms with E-state index < -0.39 is 11.4 Å². The van der Waals surface area contributed by atoms with Gasteiger partial charge in [-0.3, -0.25) is 4.79 Å². The van der Waals surface area contributed by atoms with Crippen LogP contribution in [0.2, 0.25) is 0 Å². The fraction of sp³-hybridized carbons (Fsp3) is 0.909. The summed E-state index contributed by atoms with van der Waals surface area (Å²) in [5, 5.41) is 12.2. The molecule has 0 aromatic carbocycles. The van der Waals surface area contributed by atoms with Crippen LogP contribution in [0.1, 0.15) is 116 Å². The van der Waals surface area contributed by atoms with Gasteiger partial charge in [0.25, 0.3) is 0 Å². The highest BCUT2D eigenvalue weighted by Crippen LogP contribution is 2.64. The summed E-state index contributed by atoms with van der Waals surface area (Å²) in [6, 6.07) is 1.50. The van der Waals surface area contributed by atoms with Crippen LogP contribution in [-0.4, -0.2) is 59.5 Å². The lowest BCUT2D eigenvalue weighted by Gasteiger charge is -2.56. The van der Waals surface area contributed by atoms with E-state index in [-0.39, 0.29) is 5.41 Å². The molecule has 0 aromatic rings. The first-order valence-corrected chi connectivity index (χ1v) is 16.3. The molecule has 5 saturated carbocycles. The van der Waals surface area contributed by atoms with Gasteiger partial charge in [0.1, 0.15) is 5.78 Å². The Hall–Kier alpha value is -0.750. The molecule has 5 atom stereocenters. The average Bonchev–Trinajstić information content (AvgIpc) is 3.51. The van der Waals surface area contributed by atoms with Crippen molar-refractivity contribution in [1.82, 2.24) is 4.90 Å². The minimum Gasteiger partial charge on any atom is -0.385 e. The Balaban J connectivity index is 1.17. The number of carbonyl (C=O) groups excluding carboxylic acids is 1. The van der Waals surface area contributed by atoms with Crippen molar-refractivity contribution in [3.8, 4) is 0 Å². The van der Waals surface area contributed by atoms with E-state index in [0.717, 1.165) is 57.0 Å². The van der Waals surface area contributed by atoms with Gasteiger partial charge in [-0.2, -0.15) is 0 Å². The lowest BCUT2D eigenvalue weighted by atomic mass is 9.50. The fourth-order valence-electron chi connectivity index (χ4n) is 11.0. The Morgan fingerprint density at radius 3 is 2.29 bits per heavy atom. The van der Waals surface area contributed by atoms with E-state index in [0.29, 0.717) is 49.1 Å². The van der Waals surface area contributed by atoms with Gasteiger partial charge in [0.15, 0.2) is 5.79 Å². The van der Waals surface area contributed by atoms with E-state index in [1.54, 1.807) is 5.57 Å². The maximum Gasteiger partial charge on any atom is 0.171 e. The number of hydrogen-bond donors (Lipinski definition) is 1. The molecular weight excluding hydrogens is 474 g/mol. The molecule has 0 amide bonds. The zero-order valence-corrected chi connectivity index (χ0v) is 24.0. The molecule has 212 valence electrons. The van der Waals surface area contributed by atoms with Crippen molar-refractivity contribution in [2.75, 3.05) is 20.3 Å². The highest BCUT2D eigenvalue weighted by atomic mass is 16.7. The molecular formula is C33H51NO4. The summed E-state index contributed by atoms with van der Waals surface area (Å²) >= 11 is 0. The third-order valence-electron chi connectivity index (χ3n) is 13.0. The summed E-state index contributed by atoms with van der Waals surface area (Å²) in [4.78, 5) is 16.1. The SMILES string of the molecule is CN(C1CCCCC1)C1CCC(C2CC3(C)C(=O)CCC3C3CCC4(O)CC5(CCC4=C23)OCCO5)CC1. The van der Waals surface area contributed by atoms with E-state index >= 15 is 0 Å². The number of carbonyl (C=O) groups is 1. The van der Waals surface area contributed by atoms with Crippen LogP contribution in [0.3, 0.4) is 0 Å². The maximum absolute atomic E-state index is 13.4. The molecule has 1 saturated heterocycles. The molecule has 1 spiro atoms.